The number of rotatable bonds is 4. The topological polar surface area (TPSA) is 83.2 Å². The number of aliphatic carboxylic acids is 1. The van der Waals surface area contributed by atoms with Crippen LogP contribution in [0.5, 0.6) is 0 Å². The maximum atomic E-state index is 12.3. The van der Waals surface area contributed by atoms with E-state index >= 15 is 0 Å². The van der Waals surface area contributed by atoms with Gasteiger partial charge in [-0.3, -0.25) is 4.79 Å². The molecule has 4 nitrogen and oxygen atoms in total. The molecule has 102 valence electrons. The van der Waals surface area contributed by atoms with Gasteiger partial charge in [0, 0.05) is 16.1 Å². The smallest absolute Gasteiger partial charge is 0.548 e. The minimum Gasteiger partial charge on any atom is -0.548 e. The number of halogens is 1. The number of benzene rings is 2. The molecule has 2 aromatic rings. The van der Waals surface area contributed by atoms with E-state index in [1.165, 1.54) is 6.07 Å². The van der Waals surface area contributed by atoms with E-state index in [4.69, 9.17) is 17.3 Å². The normalized spacial score (nSPS) is 11.3. The molecule has 0 aliphatic heterocycles. The third-order valence-electron chi connectivity index (χ3n) is 2.87. The van der Waals surface area contributed by atoms with Crippen molar-refractivity contribution in [2.45, 2.75) is 6.04 Å². The molecule has 2 aromatic carbocycles. The molecule has 0 aliphatic rings. The van der Waals surface area contributed by atoms with Crippen molar-refractivity contribution in [1.82, 2.24) is 0 Å². The third-order valence-corrected chi connectivity index (χ3v) is 3.12. The summed E-state index contributed by atoms with van der Waals surface area (Å²) in [6.07, 6.45) is 0. The molecule has 0 aliphatic carbocycles. The molecular formula is C15H11ClNNaO3. The van der Waals surface area contributed by atoms with Crippen LogP contribution < -0.4 is 40.4 Å². The van der Waals surface area contributed by atoms with Gasteiger partial charge in [-0.1, -0.05) is 29.8 Å². The zero-order valence-electron chi connectivity index (χ0n) is 11.4. The summed E-state index contributed by atoms with van der Waals surface area (Å²) in [4.78, 5) is 23.0. The predicted octanol–water partition coefficient (Wildman–Crippen LogP) is -1.68. The zero-order chi connectivity index (χ0) is 14.7. The van der Waals surface area contributed by atoms with Gasteiger partial charge in [0.1, 0.15) is 0 Å². The average molecular weight is 312 g/mol. The van der Waals surface area contributed by atoms with Crippen molar-refractivity contribution >= 4 is 23.4 Å². The van der Waals surface area contributed by atoms with Crippen LogP contribution in [0.1, 0.15) is 27.5 Å². The number of hydrogen-bond donors (Lipinski definition) is 1. The Kier molecular flexibility index (Phi) is 6.58. The summed E-state index contributed by atoms with van der Waals surface area (Å²) in [5, 5.41) is 11.3. The molecule has 0 saturated carbocycles. The van der Waals surface area contributed by atoms with Crippen molar-refractivity contribution in [1.29, 1.82) is 0 Å². The molecule has 2 N–H and O–H groups in total. The van der Waals surface area contributed by atoms with E-state index in [2.05, 4.69) is 0 Å². The second kappa shape index (κ2) is 7.73. The monoisotopic (exact) mass is 311 g/mol. The molecule has 1 atom stereocenters. The van der Waals surface area contributed by atoms with Crippen molar-refractivity contribution in [3.8, 4) is 0 Å². The second-order valence-corrected chi connectivity index (χ2v) is 4.69. The summed E-state index contributed by atoms with van der Waals surface area (Å²) < 4.78 is 0. The van der Waals surface area contributed by atoms with Gasteiger partial charge in [-0.25, -0.2) is 0 Å². The number of carbonyl (C=O) groups is 2. The van der Waals surface area contributed by atoms with Crippen LogP contribution in [0.3, 0.4) is 0 Å². The Labute approximate surface area is 149 Å². The molecule has 0 amide bonds. The Bertz CT molecular complexity index is 658. The van der Waals surface area contributed by atoms with Crippen molar-refractivity contribution < 1.29 is 44.3 Å². The van der Waals surface area contributed by atoms with Crippen molar-refractivity contribution in [3.05, 3.63) is 70.2 Å². The van der Waals surface area contributed by atoms with Gasteiger partial charge in [0.15, 0.2) is 5.78 Å². The van der Waals surface area contributed by atoms with E-state index in [-0.39, 0.29) is 35.3 Å². The number of carbonyl (C=O) groups excluding carboxylic acids is 2. The molecule has 2 rings (SSSR count). The van der Waals surface area contributed by atoms with E-state index < -0.39 is 12.0 Å². The van der Waals surface area contributed by atoms with Crippen molar-refractivity contribution in [2.75, 3.05) is 0 Å². The predicted molar refractivity (Wildman–Crippen MR) is 73.3 cm³/mol. The van der Waals surface area contributed by atoms with Crippen LogP contribution in [-0.2, 0) is 4.79 Å². The Morgan fingerprint density at radius 2 is 1.67 bits per heavy atom. The van der Waals surface area contributed by atoms with Gasteiger partial charge >= 0.3 is 29.6 Å². The SMILES string of the molecule is NC(C(=O)[O-])c1cccc(C(=O)c2ccc(Cl)cc2)c1.[Na+]. The van der Waals surface area contributed by atoms with E-state index in [9.17, 15) is 14.7 Å². The molecular weight excluding hydrogens is 301 g/mol. The maximum absolute atomic E-state index is 12.3. The Balaban J connectivity index is 0.00000220. The summed E-state index contributed by atoms with van der Waals surface area (Å²) in [5.74, 6) is -1.62. The number of carboxylic acid groups (broad SMARTS) is 1. The number of carboxylic acids is 1. The van der Waals surface area contributed by atoms with Crippen LogP contribution in [0, 0.1) is 0 Å². The zero-order valence-corrected chi connectivity index (χ0v) is 14.1. The van der Waals surface area contributed by atoms with Crippen LogP contribution in [0.2, 0.25) is 5.02 Å². The molecule has 0 radical (unpaired) electrons. The molecule has 0 bridgehead atoms. The van der Waals surface area contributed by atoms with Crippen LogP contribution in [0.15, 0.2) is 48.5 Å². The summed E-state index contributed by atoms with van der Waals surface area (Å²) in [6.45, 7) is 0. The average Bonchev–Trinajstić information content (AvgIpc) is 2.46. The molecule has 0 fully saturated rings. The van der Waals surface area contributed by atoms with Gasteiger partial charge < -0.3 is 15.6 Å². The molecule has 0 spiro atoms. The number of ketones is 1. The molecule has 0 heterocycles. The first-order valence-corrected chi connectivity index (χ1v) is 6.23. The van der Waals surface area contributed by atoms with Crippen LogP contribution >= 0.6 is 11.6 Å². The minimum absolute atomic E-state index is 0. The fraction of sp³-hybridized carbons (Fsp3) is 0.0667. The number of hydrogen-bond acceptors (Lipinski definition) is 4. The third kappa shape index (κ3) is 4.40. The van der Waals surface area contributed by atoms with Gasteiger partial charge in [-0.05, 0) is 35.9 Å². The Hall–Kier alpha value is -1.17. The first kappa shape index (κ1) is 17.9. The first-order valence-electron chi connectivity index (χ1n) is 5.85. The molecule has 0 aromatic heterocycles. The quantitative estimate of drug-likeness (QED) is 0.540. The van der Waals surface area contributed by atoms with Crippen LogP contribution in [0.25, 0.3) is 0 Å². The van der Waals surface area contributed by atoms with E-state index in [0.29, 0.717) is 21.7 Å². The molecule has 6 heteroatoms. The summed E-state index contributed by atoms with van der Waals surface area (Å²) in [7, 11) is 0. The van der Waals surface area contributed by atoms with Gasteiger partial charge in [-0.2, -0.15) is 0 Å². The second-order valence-electron chi connectivity index (χ2n) is 4.26. The molecule has 1 unspecified atom stereocenters. The van der Waals surface area contributed by atoms with Crippen molar-refractivity contribution in [3.63, 3.8) is 0 Å². The largest absolute Gasteiger partial charge is 1.00 e. The van der Waals surface area contributed by atoms with Crippen LogP contribution in [-0.4, -0.2) is 11.8 Å². The minimum atomic E-state index is -1.39. The van der Waals surface area contributed by atoms with Gasteiger partial charge in [0.25, 0.3) is 0 Å². The van der Waals surface area contributed by atoms with Gasteiger partial charge in [0.05, 0.1) is 12.0 Å². The van der Waals surface area contributed by atoms with E-state index in [0.717, 1.165) is 0 Å². The summed E-state index contributed by atoms with van der Waals surface area (Å²) in [5.41, 5.74) is 6.63. The number of nitrogens with two attached hydrogens (primary N) is 1. The van der Waals surface area contributed by atoms with Gasteiger partial charge in [-0.15, -0.1) is 0 Å². The fourth-order valence-electron chi connectivity index (χ4n) is 1.78. The van der Waals surface area contributed by atoms with Crippen molar-refractivity contribution in [2.24, 2.45) is 5.73 Å². The van der Waals surface area contributed by atoms with E-state index in [1.54, 1.807) is 42.5 Å². The Morgan fingerprint density at radius 1 is 1.05 bits per heavy atom. The summed E-state index contributed by atoms with van der Waals surface area (Å²) >= 11 is 5.76. The van der Waals surface area contributed by atoms with Gasteiger partial charge in [0.2, 0.25) is 0 Å². The first-order chi connectivity index (χ1) is 9.49. The standard InChI is InChI=1S/C15H12ClNO3.Na/c16-12-6-4-9(5-7-12)14(18)11-3-1-2-10(8-11)13(17)15(19)20;/h1-8,13H,17H2,(H,19,20);/q;+1/p-1. The Morgan fingerprint density at radius 3 is 2.24 bits per heavy atom. The molecule has 21 heavy (non-hydrogen) atoms. The van der Waals surface area contributed by atoms with Crippen LogP contribution in [0.4, 0.5) is 0 Å². The van der Waals surface area contributed by atoms with E-state index in [1.807, 2.05) is 0 Å². The maximum Gasteiger partial charge on any atom is 1.00 e. The summed E-state index contributed by atoms with van der Waals surface area (Å²) in [6, 6.07) is 11.4. The fourth-order valence-corrected chi connectivity index (χ4v) is 1.90. The molecule has 0 saturated heterocycles.